The molecule has 0 radical (unpaired) electrons. The van der Waals surface area contributed by atoms with Gasteiger partial charge in [0.25, 0.3) is 0 Å². The molecule has 1 heterocycles. The van der Waals surface area contributed by atoms with Gasteiger partial charge in [0.2, 0.25) is 5.91 Å². The number of thiophene rings is 1. The van der Waals surface area contributed by atoms with Crippen molar-refractivity contribution in [3.8, 4) is 0 Å². The predicted octanol–water partition coefficient (Wildman–Crippen LogP) is 1.88. The molecule has 1 amide bonds. The van der Waals surface area contributed by atoms with Gasteiger partial charge in [0.05, 0.1) is 12.6 Å². The highest BCUT2D eigenvalue weighted by Gasteiger charge is 2.11. The first kappa shape index (κ1) is 12.2. The van der Waals surface area contributed by atoms with Crippen LogP contribution in [-0.2, 0) is 11.3 Å². The van der Waals surface area contributed by atoms with Crippen molar-refractivity contribution in [3.63, 3.8) is 0 Å². The summed E-state index contributed by atoms with van der Waals surface area (Å²) in [6.45, 7) is 2.69. The number of nitrogens with one attached hydrogen (secondary N) is 1. The van der Waals surface area contributed by atoms with E-state index in [9.17, 15) is 4.79 Å². The molecule has 1 rings (SSSR count). The van der Waals surface area contributed by atoms with E-state index in [0.29, 0.717) is 6.54 Å². The van der Waals surface area contributed by atoms with Crippen molar-refractivity contribution in [1.82, 2.24) is 5.32 Å². The summed E-state index contributed by atoms with van der Waals surface area (Å²) in [7, 11) is 0. The maximum absolute atomic E-state index is 11.5. The molecule has 0 aromatic carbocycles. The van der Waals surface area contributed by atoms with E-state index in [4.69, 9.17) is 5.73 Å². The summed E-state index contributed by atoms with van der Waals surface area (Å²) in [6.07, 6.45) is 2.85. The topological polar surface area (TPSA) is 55.1 Å². The average molecular weight is 226 g/mol. The summed E-state index contributed by atoms with van der Waals surface area (Å²) >= 11 is 1.64. The molecule has 0 aliphatic rings. The highest BCUT2D eigenvalue weighted by Crippen LogP contribution is 2.07. The molecule has 0 unspecified atom stereocenters. The van der Waals surface area contributed by atoms with Gasteiger partial charge in [0.1, 0.15) is 0 Å². The molecule has 15 heavy (non-hydrogen) atoms. The van der Waals surface area contributed by atoms with E-state index in [1.54, 1.807) is 11.3 Å². The molecule has 3 nitrogen and oxygen atoms in total. The van der Waals surface area contributed by atoms with Crippen molar-refractivity contribution in [2.24, 2.45) is 5.73 Å². The Bertz CT molecular complexity index is 285. The smallest absolute Gasteiger partial charge is 0.237 e. The summed E-state index contributed by atoms with van der Waals surface area (Å²) in [5, 5.41) is 4.84. The van der Waals surface area contributed by atoms with E-state index in [2.05, 4.69) is 12.2 Å². The Hall–Kier alpha value is -0.870. The second-order valence-corrected chi connectivity index (χ2v) is 4.58. The first-order valence-electron chi connectivity index (χ1n) is 5.29. The standard InChI is InChI=1S/C11H18N2OS/c1-2-3-6-10(12)11(14)13-8-9-5-4-7-15-9/h4-5,7,10H,2-3,6,8,12H2,1H3,(H,13,14)/t10-/m0/s1. The average Bonchev–Trinajstić information content (AvgIpc) is 2.75. The van der Waals surface area contributed by atoms with Crippen molar-refractivity contribution in [3.05, 3.63) is 22.4 Å². The van der Waals surface area contributed by atoms with Gasteiger partial charge in [-0.1, -0.05) is 25.8 Å². The van der Waals surface area contributed by atoms with E-state index in [1.807, 2.05) is 17.5 Å². The molecule has 1 aromatic heterocycles. The van der Waals surface area contributed by atoms with Gasteiger partial charge in [-0.15, -0.1) is 11.3 Å². The van der Waals surface area contributed by atoms with Gasteiger partial charge >= 0.3 is 0 Å². The highest BCUT2D eigenvalue weighted by atomic mass is 32.1. The molecule has 84 valence electrons. The Labute approximate surface area is 94.7 Å². The van der Waals surface area contributed by atoms with Crippen molar-refractivity contribution >= 4 is 17.2 Å². The Kier molecular flexibility index (Phi) is 5.36. The molecule has 0 aliphatic heterocycles. The highest BCUT2D eigenvalue weighted by molar-refractivity contribution is 7.09. The van der Waals surface area contributed by atoms with Gasteiger partial charge in [0.15, 0.2) is 0 Å². The maximum atomic E-state index is 11.5. The van der Waals surface area contributed by atoms with Crippen LogP contribution in [0.1, 0.15) is 31.1 Å². The minimum Gasteiger partial charge on any atom is -0.350 e. The number of nitrogens with two attached hydrogens (primary N) is 1. The van der Waals surface area contributed by atoms with Crippen LogP contribution in [-0.4, -0.2) is 11.9 Å². The van der Waals surface area contributed by atoms with E-state index in [-0.39, 0.29) is 11.9 Å². The number of hydrogen-bond donors (Lipinski definition) is 2. The van der Waals surface area contributed by atoms with E-state index in [1.165, 1.54) is 0 Å². The zero-order valence-corrected chi connectivity index (χ0v) is 9.85. The summed E-state index contributed by atoms with van der Waals surface area (Å²) in [4.78, 5) is 12.7. The maximum Gasteiger partial charge on any atom is 0.237 e. The lowest BCUT2D eigenvalue weighted by Crippen LogP contribution is -2.39. The minimum absolute atomic E-state index is 0.0446. The van der Waals surface area contributed by atoms with Crippen LogP contribution in [0.5, 0.6) is 0 Å². The second kappa shape index (κ2) is 6.58. The van der Waals surface area contributed by atoms with Crippen LogP contribution in [0, 0.1) is 0 Å². The SMILES string of the molecule is CCCC[C@H](N)C(=O)NCc1cccs1. The zero-order valence-electron chi connectivity index (χ0n) is 9.03. The summed E-state index contributed by atoms with van der Waals surface area (Å²) < 4.78 is 0. The van der Waals surface area contributed by atoms with Crippen molar-refractivity contribution in [2.75, 3.05) is 0 Å². The molecule has 0 spiro atoms. The van der Waals surface area contributed by atoms with Crippen molar-refractivity contribution in [1.29, 1.82) is 0 Å². The second-order valence-electron chi connectivity index (χ2n) is 3.55. The lowest BCUT2D eigenvalue weighted by molar-refractivity contribution is -0.122. The molecule has 3 N–H and O–H groups in total. The molecule has 0 bridgehead atoms. The van der Waals surface area contributed by atoms with Crippen LogP contribution in [0.15, 0.2) is 17.5 Å². The molecule has 1 aromatic rings. The van der Waals surface area contributed by atoms with Gasteiger partial charge in [-0.3, -0.25) is 4.79 Å². The molecule has 0 saturated heterocycles. The van der Waals surface area contributed by atoms with Crippen LogP contribution in [0.25, 0.3) is 0 Å². The third-order valence-electron chi connectivity index (χ3n) is 2.22. The molecule has 4 heteroatoms. The van der Waals surface area contributed by atoms with Crippen LogP contribution >= 0.6 is 11.3 Å². The van der Waals surface area contributed by atoms with Crippen LogP contribution in [0.2, 0.25) is 0 Å². The van der Waals surface area contributed by atoms with Crippen molar-refractivity contribution in [2.45, 2.75) is 38.8 Å². The third kappa shape index (κ3) is 4.44. The van der Waals surface area contributed by atoms with Crippen LogP contribution < -0.4 is 11.1 Å². The number of unbranched alkanes of at least 4 members (excludes halogenated alkanes) is 1. The number of carbonyl (C=O) groups excluding carboxylic acids is 1. The summed E-state index contributed by atoms with van der Waals surface area (Å²) in [6, 6.07) is 3.62. The fourth-order valence-electron chi connectivity index (χ4n) is 1.27. The number of hydrogen-bond acceptors (Lipinski definition) is 3. The monoisotopic (exact) mass is 226 g/mol. The molecule has 0 saturated carbocycles. The molecular formula is C11H18N2OS. The molecular weight excluding hydrogens is 208 g/mol. The van der Waals surface area contributed by atoms with E-state index >= 15 is 0 Å². The molecule has 0 aliphatic carbocycles. The lowest BCUT2D eigenvalue weighted by Gasteiger charge is -2.10. The Morgan fingerprint density at radius 2 is 2.47 bits per heavy atom. The molecule has 0 fully saturated rings. The fraction of sp³-hybridized carbons (Fsp3) is 0.545. The van der Waals surface area contributed by atoms with E-state index < -0.39 is 0 Å². The summed E-state index contributed by atoms with van der Waals surface area (Å²) in [5.74, 6) is -0.0446. The van der Waals surface area contributed by atoms with Crippen LogP contribution in [0.4, 0.5) is 0 Å². The fourth-order valence-corrected chi connectivity index (χ4v) is 1.92. The Morgan fingerprint density at radius 3 is 3.07 bits per heavy atom. The normalized spacial score (nSPS) is 12.4. The lowest BCUT2D eigenvalue weighted by atomic mass is 10.1. The van der Waals surface area contributed by atoms with E-state index in [0.717, 1.165) is 24.1 Å². The zero-order chi connectivity index (χ0) is 11.1. The quantitative estimate of drug-likeness (QED) is 0.778. The number of amides is 1. The van der Waals surface area contributed by atoms with Gasteiger partial charge in [-0.2, -0.15) is 0 Å². The third-order valence-corrected chi connectivity index (χ3v) is 3.10. The first-order valence-corrected chi connectivity index (χ1v) is 6.17. The van der Waals surface area contributed by atoms with Gasteiger partial charge in [-0.05, 0) is 17.9 Å². The summed E-state index contributed by atoms with van der Waals surface area (Å²) in [5.41, 5.74) is 5.73. The Balaban J connectivity index is 2.23. The number of rotatable bonds is 6. The predicted molar refractivity (Wildman–Crippen MR) is 63.7 cm³/mol. The van der Waals surface area contributed by atoms with Crippen molar-refractivity contribution < 1.29 is 4.79 Å². The van der Waals surface area contributed by atoms with Gasteiger partial charge in [-0.25, -0.2) is 0 Å². The van der Waals surface area contributed by atoms with Gasteiger partial charge < -0.3 is 11.1 Å². The first-order chi connectivity index (χ1) is 7.24. The molecule has 1 atom stereocenters. The van der Waals surface area contributed by atoms with Crippen LogP contribution in [0.3, 0.4) is 0 Å². The van der Waals surface area contributed by atoms with Gasteiger partial charge in [0, 0.05) is 4.88 Å². The minimum atomic E-state index is -0.357. The number of carbonyl (C=O) groups is 1. The Morgan fingerprint density at radius 1 is 1.67 bits per heavy atom. The largest absolute Gasteiger partial charge is 0.350 e.